The van der Waals surface area contributed by atoms with Gasteiger partial charge in [-0.15, -0.1) is 0 Å². The van der Waals surface area contributed by atoms with Crippen molar-refractivity contribution in [1.82, 2.24) is 0 Å². The third-order valence-electron chi connectivity index (χ3n) is 2.89. The average molecular weight is 242 g/mol. The van der Waals surface area contributed by atoms with Crippen molar-refractivity contribution in [2.75, 3.05) is 0 Å². The first-order valence-corrected chi connectivity index (χ1v) is 8.03. The predicted molar refractivity (Wildman–Crippen MR) is 67.8 cm³/mol. The first kappa shape index (κ1) is 13.4. The smallest absolute Gasteiger partial charge is 0.265 e. The second-order valence-electron chi connectivity index (χ2n) is 4.21. The molecule has 0 nitrogen and oxygen atoms in total. The Bertz CT molecular complexity index is 306. The van der Waals surface area contributed by atoms with E-state index in [1.54, 1.807) is 19.1 Å². The fourth-order valence-corrected chi connectivity index (χ4v) is 2.76. The van der Waals surface area contributed by atoms with Crippen molar-refractivity contribution in [3.8, 4) is 0 Å². The number of hydrogen-bond acceptors (Lipinski definition) is 0. The molecule has 1 aromatic carbocycles. The predicted octanol–water partition coefficient (Wildman–Crippen LogP) is 4.03. The van der Waals surface area contributed by atoms with Gasteiger partial charge >= 0.3 is 8.74 Å². The Morgan fingerprint density at radius 1 is 1.00 bits per heavy atom. The van der Waals surface area contributed by atoms with Gasteiger partial charge in [-0.05, 0) is 24.4 Å². The molecule has 1 aromatic rings. The summed E-state index contributed by atoms with van der Waals surface area (Å²) in [4.78, 5) is 0. The molecule has 0 aliphatic carbocycles. The minimum absolute atomic E-state index is 0.00216. The number of aryl methyl sites for hydroxylation is 1. The van der Waals surface area contributed by atoms with Crippen LogP contribution in [0.25, 0.3) is 0 Å². The van der Waals surface area contributed by atoms with Gasteiger partial charge in [0, 0.05) is 5.19 Å². The highest BCUT2D eigenvalue weighted by atomic mass is 28.4. The van der Waals surface area contributed by atoms with E-state index >= 15 is 0 Å². The molecular formula is C13H20F2Si. The second-order valence-corrected chi connectivity index (χ2v) is 6.91. The van der Waals surface area contributed by atoms with Crippen LogP contribution in [0.1, 0.15) is 38.7 Å². The molecule has 0 radical (unpaired) electrons. The van der Waals surface area contributed by atoms with Crippen LogP contribution in [-0.4, -0.2) is 8.74 Å². The van der Waals surface area contributed by atoms with Gasteiger partial charge in [-0.1, -0.05) is 51.0 Å². The van der Waals surface area contributed by atoms with E-state index in [2.05, 4.69) is 6.92 Å². The van der Waals surface area contributed by atoms with Gasteiger partial charge in [0.05, 0.1) is 0 Å². The Balaban J connectivity index is 2.61. The zero-order valence-electron chi connectivity index (χ0n) is 10.1. The standard InChI is InChI=1S/C13H20F2Si/c1-3-5-6-7-12-8-10-13(11-9-12)16(14,15)4-2/h8-11H,3-7H2,1-2H3. The van der Waals surface area contributed by atoms with Crippen LogP contribution in [0.2, 0.25) is 6.04 Å². The maximum Gasteiger partial charge on any atom is 0.455 e. The topological polar surface area (TPSA) is 0 Å². The number of benzene rings is 1. The summed E-state index contributed by atoms with van der Waals surface area (Å²) in [5.41, 5.74) is 1.18. The Labute approximate surface area is 98.0 Å². The molecule has 0 fully saturated rings. The summed E-state index contributed by atoms with van der Waals surface area (Å²) in [5.74, 6) is 0. The van der Waals surface area contributed by atoms with Gasteiger partial charge < -0.3 is 0 Å². The molecule has 90 valence electrons. The fraction of sp³-hybridized carbons (Fsp3) is 0.538. The van der Waals surface area contributed by atoms with E-state index in [9.17, 15) is 8.22 Å². The zero-order chi connectivity index (χ0) is 12.0. The van der Waals surface area contributed by atoms with Crippen LogP contribution >= 0.6 is 0 Å². The van der Waals surface area contributed by atoms with E-state index in [0.717, 1.165) is 12.8 Å². The van der Waals surface area contributed by atoms with Crippen molar-refractivity contribution in [2.45, 2.75) is 45.6 Å². The molecule has 3 heteroatoms. The lowest BCUT2D eigenvalue weighted by Gasteiger charge is -2.11. The fourth-order valence-electron chi connectivity index (χ4n) is 1.70. The highest BCUT2D eigenvalue weighted by molar-refractivity contribution is 6.79. The Morgan fingerprint density at radius 3 is 2.12 bits per heavy atom. The van der Waals surface area contributed by atoms with E-state index in [1.807, 2.05) is 12.1 Å². The van der Waals surface area contributed by atoms with Crippen LogP contribution in [0.15, 0.2) is 24.3 Å². The molecule has 0 aliphatic rings. The van der Waals surface area contributed by atoms with Crippen LogP contribution in [0.3, 0.4) is 0 Å². The van der Waals surface area contributed by atoms with Crippen LogP contribution < -0.4 is 5.19 Å². The SMILES string of the molecule is CCCCCc1ccc([Si](F)(F)CC)cc1. The van der Waals surface area contributed by atoms with E-state index in [0.29, 0.717) is 0 Å². The number of unbranched alkanes of at least 4 members (excludes halogenated alkanes) is 2. The quantitative estimate of drug-likeness (QED) is 0.401. The summed E-state index contributed by atoms with van der Waals surface area (Å²) in [7, 11) is -4.11. The van der Waals surface area contributed by atoms with Crippen LogP contribution in [0.5, 0.6) is 0 Å². The first-order chi connectivity index (χ1) is 7.60. The summed E-state index contributed by atoms with van der Waals surface area (Å²) in [6.45, 7) is 3.73. The summed E-state index contributed by atoms with van der Waals surface area (Å²) in [5, 5.41) is 0.272. The molecule has 0 heterocycles. The lowest BCUT2D eigenvalue weighted by atomic mass is 10.1. The molecule has 0 saturated heterocycles. The average Bonchev–Trinajstić information content (AvgIpc) is 2.30. The van der Waals surface area contributed by atoms with E-state index in [1.165, 1.54) is 18.4 Å². The molecular weight excluding hydrogens is 222 g/mol. The highest BCUT2D eigenvalue weighted by Crippen LogP contribution is 2.14. The van der Waals surface area contributed by atoms with Crippen LogP contribution in [-0.2, 0) is 6.42 Å². The van der Waals surface area contributed by atoms with Crippen LogP contribution in [0.4, 0.5) is 8.22 Å². The van der Waals surface area contributed by atoms with Gasteiger partial charge in [-0.3, -0.25) is 8.22 Å². The molecule has 0 amide bonds. The molecule has 16 heavy (non-hydrogen) atoms. The Hall–Kier alpha value is -0.703. The number of hydrogen-bond donors (Lipinski definition) is 0. The normalized spacial score (nSPS) is 11.8. The van der Waals surface area contributed by atoms with Gasteiger partial charge in [0.15, 0.2) is 0 Å². The molecule has 0 N–H and O–H groups in total. The Kier molecular flexibility index (Phi) is 5.12. The van der Waals surface area contributed by atoms with Gasteiger partial charge in [0.25, 0.3) is 0 Å². The molecule has 1 rings (SSSR count). The molecule has 0 aromatic heterocycles. The van der Waals surface area contributed by atoms with E-state index < -0.39 is 8.74 Å². The summed E-state index contributed by atoms with van der Waals surface area (Å²) < 4.78 is 26.9. The Morgan fingerprint density at radius 2 is 1.62 bits per heavy atom. The first-order valence-electron chi connectivity index (χ1n) is 6.07. The largest absolute Gasteiger partial charge is 0.455 e. The lowest BCUT2D eigenvalue weighted by Crippen LogP contribution is -2.37. The number of halogens is 2. The molecule has 0 saturated carbocycles. The summed E-state index contributed by atoms with van der Waals surface area (Å²) >= 11 is 0. The van der Waals surface area contributed by atoms with E-state index in [-0.39, 0.29) is 11.2 Å². The monoisotopic (exact) mass is 242 g/mol. The van der Waals surface area contributed by atoms with Crippen molar-refractivity contribution in [3.63, 3.8) is 0 Å². The van der Waals surface area contributed by atoms with Crippen molar-refractivity contribution >= 4 is 13.9 Å². The van der Waals surface area contributed by atoms with Crippen molar-refractivity contribution in [3.05, 3.63) is 29.8 Å². The highest BCUT2D eigenvalue weighted by Gasteiger charge is 2.34. The zero-order valence-corrected chi connectivity index (χ0v) is 11.1. The third kappa shape index (κ3) is 3.70. The van der Waals surface area contributed by atoms with Crippen molar-refractivity contribution < 1.29 is 8.22 Å². The number of rotatable bonds is 6. The maximum atomic E-state index is 13.5. The second kappa shape index (κ2) is 6.14. The molecule has 0 spiro atoms. The molecule has 0 aliphatic heterocycles. The van der Waals surface area contributed by atoms with Crippen molar-refractivity contribution in [2.24, 2.45) is 0 Å². The maximum absolute atomic E-state index is 13.5. The van der Waals surface area contributed by atoms with Gasteiger partial charge in [0.1, 0.15) is 0 Å². The minimum atomic E-state index is -4.11. The van der Waals surface area contributed by atoms with Crippen LogP contribution in [0, 0.1) is 0 Å². The molecule has 0 unspecified atom stereocenters. The van der Waals surface area contributed by atoms with Gasteiger partial charge in [-0.2, -0.15) is 0 Å². The van der Waals surface area contributed by atoms with Gasteiger partial charge in [0.2, 0.25) is 0 Å². The summed E-state index contributed by atoms with van der Waals surface area (Å²) in [6.07, 6.45) is 4.56. The minimum Gasteiger partial charge on any atom is -0.265 e. The molecule has 0 atom stereocenters. The summed E-state index contributed by atoms with van der Waals surface area (Å²) in [6, 6.07) is 6.97. The lowest BCUT2D eigenvalue weighted by molar-refractivity contribution is 0.625. The van der Waals surface area contributed by atoms with Crippen molar-refractivity contribution in [1.29, 1.82) is 0 Å². The molecule has 0 bridgehead atoms. The third-order valence-corrected chi connectivity index (χ3v) is 4.96. The van der Waals surface area contributed by atoms with Gasteiger partial charge in [-0.25, -0.2) is 0 Å². The van der Waals surface area contributed by atoms with E-state index in [4.69, 9.17) is 0 Å².